The number of sulfonamides is 1. The molecule has 1 N–H and O–H groups in total. The lowest BCUT2D eigenvalue weighted by Gasteiger charge is -2.26. The third kappa shape index (κ3) is 5.89. The molecular weight excluding hydrogens is 544 g/mol. The van der Waals surface area contributed by atoms with Crippen LogP contribution < -0.4 is 9.73 Å². The fourth-order valence-electron chi connectivity index (χ4n) is 4.98. The number of para-hydroxylation sites is 2. The summed E-state index contributed by atoms with van der Waals surface area (Å²) in [5.41, 5.74) is 8.97. The van der Waals surface area contributed by atoms with Crippen LogP contribution >= 0.6 is 0 Å². The molecule has 0 saturated heterocycles. The molecule has 1 aromatic heterocycles. The molecule has 0 saturated carbocycles. The maximum absolute atomic E-state index is 13.9. The SMILES string of the molecule is Cc1ccccc1-n1c(C)cc(/C=N\NC(=O)c2ccccc2N(Cc2ccccc2)S(=O)(=O)c2ccccc2)c1C. The largest absolute Gasteiger partial charge is 0.318 e. The highest BCUT2D eigenvalue weighted by molar-refractivity contribution is 7.92. The minimum atomic E-state index is -4.00. The van der Waals surface area contributed by atoms with E-state index in [4.69, 9.17) is 0 Å². The van der Waals surface area contributed by atoms with Gasteiger partial charge in [0.1, 0.15) is 0 Å². The van der Waals surface area contributed by atoms with Crippen LogP contribution in [0, 0.1) is 20.8 Å². The maximum atomic E-state index is 13.9. The average Bonchev–Trinajstić information content (AvgIpc) is 3.29. The quantitative estimate of drug-likeness (QED) is 0.159. The Hall–Kier alpha value is -4.95. The van der Waals surface area contributed by atoms with E-state index in [0.717, 1.165) is 33.8 Å². The maximum Gasteiger partial charge on any atom is 0.273 e. The molecule has 0 aliphatic carbocycles. The molecule has 1 amide bonds. The van der Waals surface area contributed by atoms with E-state index in [9.17, 15) is 13.2 Å². The molecule has 0 unspecified atom stereocenters. The third-order valence-corrected chi connectivity index (χ3v) is 8.89. The van der Waals surface area contributed by atoms with Crippen LogP contribution in [-0.2, 0) is 16.6 Å². The van der Waals surface area contributed by atoms with Crippen molar-refractivity contribution in [2.75, 3.05) is 4.31 Å². The van der Waals surface area contributed by atoms with Gasteiger partial charge >= 0.3 is 0 Å². The number of rotatable bonds is 9. The van der Waals surface area contributed by atoms with Crippen molar-refractivity contribution in [3.63, 3.8) is 0 Å². The Kier molecular flexibility index (Phi) is 8.36. The number of aryl methyl sites for hydroxylation is 2. The monoisotopic (exact) mass is 576 g/mol. The van der Waals surface area contributed by atoms with E-state index < -0.39 is 15.9 Å². The predicted octanol–water partition coefficient (Wildman–Crippen LogP) is 6.56. The van der Waals surface area contributed by atoms with Gasteiger partial charge in [-0.3, -0.25) is 9.10 Å². The lowest BCUT2D eigenvalue weighted by molar-refractivity contribution is 0.0955. The fraction of sp³-hybridized carbons (Fsp3) is 0.118. The van der Waals surface area contributed by atoms with Crippen molar-refractivity contribution in [3.8, 4) is 5.69 Å². The molecule has 0 spiro atoms. The van der Waals surface area contributed by atoms with Gasteiger partial charge in [0.2, 0.25) is 0 Å². The summed E-state index contributed by atoms with van der Waals surface area (Å²) in [5, 5.41) is 4.25. The van der Waals surface area contributed by atoms with Crippen LogP contribution in [-0.4, -0.2) is 25.1 Å². The number of carbonyl (C=O) groups excluding carboxylic acids is 1. The van der Waals surface area contributed by atoms with Crippen LogP contribution in [0.2, 0.25) is 0 Å². The molecule has 42 heavy (non-hydrogen) atoms. The molecule has 0 fully saturated rings. The van der Waals surface area contributed by atoms with Gasteiger partial charge < -0.3 is 4.57 Å². The van der Waals surface area contributed by atoms with Gasteiger partial charge in [0.25, 0.3) is 15.9 Å². The Labute approximate surface area is 246 Å². The number of benzene rings is 4. The molecule has 0 radical (unpaired) electrons. The summed E-state index contributed by atoms with van der Waals surface area (Å²) in [4.78, 5) is 13.6. The van der Waals surface area contributed by atoms with E-state index in [1.807, 2.05) is 62.4 Å². The number of hydrazone groups is 1. The zero-order valence-corrected chi connectivity index (χ0v) is 24.5. The summed E-state index contributed by atoms with van der Waals surface area (Å²) in [6, 6.07) is 34.3. The molecule has 1 heterocycles. The second-order valence-corrected chi connectivity index (χ2v) is 11.8. The molecule has 7 nitrogen and oxygen atoms in total. The van der Waals surface area contributed by atoms with Crippen LogP contribution in [0.15, 0.2) is 125 Å². The van der Waals surface area contributed by atoms with Gasteiger partial charge in [0, 0.05) is 22.6 Å². The summed E-state index contributed by atoms with van der Waals surface area (Å²) in [6.07, 6.45) is 1.61. The number of hydrogen-bond acceptors (Lipinski definition) is 4. The summed E-state index contributed by atoms with van der Waals surface area (Å²) in [6.45, 7) is 6.16. The van der Waals surface area contributed by atoms with Gasteiger partial charge in [0.15, 0.2) is 0 Å². The van der Waals surface area contributed by atoms with Gasteiger partial charge in [-0.15, -0.1) is 0 Å². The minimum Gasteiger partial charge on any atom is -0.318 e. The number of nitrogens with zero attached hydrogens (tertiary/aromatic N) is 3. The topological polar surface area (TPSA) is 83.8 Å². The van der Waals surface area contributed by atoms with Crippen molar-refractivity contribution in [1.29, 1.82) is 0 Å². The van der Waals surface area contributed by atoms with Gasteiger partial charge in [-0.2, -0.15) is 5.10 Å². The van der Waals surface area contributed by atoms with Crippen LogP contribution in [0.25, 0.3) is 5.69 Å². The summed E-state index contributed by atoms with van der Waals surface area (Å²) in [7, 11) is -4.00. The van der Waals surface area contributed by atoms with Gasteiger partial charge in [-0.25, -0.2) is 13.8 Å². The van der Waals surface area contributed by atoms with Crippen molar-refractivity contribution in [1.82, 2.24) is 9.99 Å². The Morgan fingerprint density at radius 2 is 1.45 bits per heavy atom. The Bertz CT molecular complexity index is 1850. The Morgan fingerprint density at radius 3 is 2.17 bits per heavy atom. The number of amides is 1. The first kappa shape index (κ1) is 28.6. The van der Waals surface area contributed by atoms with E-state index in [2.05, 4.69) is 34.2 Å². The van der Waals surface area contributed by atoms with E-state index >= 15 is 0 Å². The fourth-order valence-corrected chi connectivity index (χ4v) is 6.47. The first-order chi connectivity index (χ1) is 20.3. The average molecular weight is 577 g/mol. The van der Waals surface area contributed by atoms with Crippen LogP contribution in [0.4, 0.5) is 5.69 Å². The van der Waals surface area contributed by atoms with Crippen molar-refractivity contribution < 1.29 is 13.2 Å². The lowest BCUT2D eigenvalue weighted by Crippen LogP contribution is -2.33. The van der Waals surface area contributed by atoms with Crippen molar-refractivity contribution in [2.45, 2.75) is 32.2 Å². The summed E-state index contributed by atoms with van der Waals surface area (Å²) < 4.78 is 31.2. The van der Waals surface area contributed by atoms with E-state index in [1.165, 1.54) is 4.31 Å². The smallest absolute Gasteiger partial charge is 0.273 e. The molecule has 212 valence electrons. The summed E-state index contributed by atoms with van der Waals surface area (Å²) >= 11 is 0. The second kappa shape index (κ2) is 12.3. The standard InChI is InChI=1S/C34H32N4O3S/c1-25-14-10-12-20-32(25)38-26(2)22-29(27(38)3)23-35-36-34(39)31-19-11-13-21-33(31)37(24-28-15-6-4-7-16-28)42(40,41)30-17-8-5-9-18-30/h4-23H,24H2,1-3H3,(H,36,39)/b35-23-. The highest BCUT2D eigenvalue weighted by atomic mass is 32.2. The zero-order chi connectivity index (χ0) is 29.7. The van der Waals surface area contributed by atoms with Crippen LogP contribution in [0.3, 0.4) is 0 Å². The van der Waals surface area contributed by atoms with Gasteiger partial charge in [0.05, 0.1) is 28.9 Å². The van der Waals surface area contributed by atoms with Gasteiger partial charge in [-0.1, -0.05) is 78.9 Å². The first-order valence-corrected chi connectivity index (χ1v) is 15.0. The predicted molar refractivity (Wildman–Crippen MR) is 168 cm³/mol. The third-order valence-electron chi connectivity index (χ3n) is 7.11. The number of carbonyl (C=O) groups is 1. The molecule has 0 bridgehead atoms. The van der Waals surface area contributed by atoms with E-state index in [1.54, 1.807) is 60.8 Å². The second-order valence-electron chi connectivity index (χ2n) is 9.97. The normalized spacial score (nSPS) is 11.5. The minimum absolute atomic E-state index is 0.0521. The molecule has 8 heteroatoms. The van der Waals surface area contributed by atoms with Gasteiger partial charge in [-0.05, 0) is 68.3 Å². The summed E-state index contributed by atoms with van der Waals surface area (Å²) in [5.74, 6) is -0.518. The number of hydrogen-bond donors (Lipinski definition) is 1. The van der Waals surface area contributed by atoms with Crippen molar-refractivity contribution in [2.24, 2.45) is 5.10 Å². The first-order valence-electron chi connectivity index (χ1n) is 13.6. The molecule has 0 atom stereocenters. The molecule has 4 aromatic carbocycles. The Balaban J connectivity index is 1.45. The van der Waals surface area contributed by atoms with Crippen LogP contribution in [0.5, 0.6) is 0 Å². The van der Waals surface area contributed by atoms with Crippen molar-refractivity contribution in [3.05, 3.63) is 149 Å². The highest BCUT2D eigenvalue weighted by Gasteiger charge is 2.28. The molecular formula is C34H32N4O3S. The Morgan fingerprint density at radius 1 is 0.833 bits per heavy atom. The molecule has 0 aliphatic heterocycles. The van der Waals surface area contributed by atoms with E-state index in [-0.39, 0.29) is 22.7 Å². The lowest BCUT2D eigenvalue weighted by atomic mass is 10.1. The van der Waals surface area contributed by atoms with Crippen molar-refractivity contribution >= 4 is 27.8 Å². The zero-order valence-electron chi connectivity index (χ0n) is 23.7. The van der Waals surface area contributed by atoms with Crippen LogP contribution in [0.1, 0.15) is 38.4 Å². The van der Waals surface area contributed by atoms with E-state index in [0.29, 0.717) is 0 Å². The number of aromatic nitrogens is 1. The molecule has 5 aromatic rings. The number of anilines is 1. The highest BCUT2D eigenvalue weighted by Crippen LogP contribution is 2.29. The molecule has 0 aliphatic rings. The molecule has 5 rings (SSSR count). The number of nitrogens with one attached hydrogen (secondary N) is 1.